The van der Waals surface area contributed by atoms with E-state index in [9.17, 15) is 0 Å². The van der Waals surface area contributed by atoms with E-state index in [2.05, 4.69) is 16.8 Å². The van der Waals surface area contributed by atoms with E-state index in [0.717, 1.165) is 0 Å². The summed E-state index contributed by atoms with van der Waals surface area (Å²) in [5, 5.41) is 4.30. The molecule has 48 valence electrons. The highest BCUT2D eigenvalue weighted by Crippen LogP contribution is 2.39. The maximum absolute atomic E-state index is 5.66. The van der Waals surface area contributed by atoms with Crippen molar-refractivity contribution in [3.63, 3.8) is 0 Å². The zero-order valence-corrected chi connectivity index (χ0v) is 5.90. The first-order chi connectivity index (χ1) is 4.38. The molecule has 0 aromatic carbocycles. The number of rotatable bonds is 1. The summed E-state index contributed by atoms with van der Waals surface area (Å²) in [7, 11) is 0. The van der Waals surface area contributed by atoms with Crippen LogP contribution >= 0.6 is 11.3 Å². The van der Waals surface area contributed by atoms with Gasteiger partial charge in [-0.05, 0) is 28.8 Å². The summed E-state index contributed by atoms with van der Waals surface area (Å²) >= 11 is 1.75. The van der Waals surface area contributed by atoms with Gasteiger partial charge in [0.05, 0.1) is 0 Å². The van der Waals surface area contributed by atoms with Gasteiger partial charge in [-0.2, -0.15) is 11.3 Å². The predicted octanol–water partition coefficient (Wildman–Crippen LogP) is 1.56. The number of nitrogens with two attached hydrogens (primary N) is 1. The van der Waals surface area contributed by atoms with Crippen LogP contribution in [-0.2, 0) is 0 Å². The first-order valence-electron chi connectivity index (χ1n) is 3.15. The fraction of sp³-hybridized carbons (Fsp3) is 0.429. The molecule has 2 N–H and O–H groups in total. The van der Waals surface area contributed by atoms with Crippen LogP contribution in [0.5, 0.6) is 0 Å². The molecule has 1 aliphatic carbocycles. The molecule has 9 heavy (non-hydrogen) atoms. The topological polar surface area (TPSA) is 26.0 Å². The minimum atomic E-state index is 0.458. The lowest BCUT2D eigenvalue weighted by Gasteiger charge is -1.86. The van der Waals surface area contributed by atoms with Crippen LogP contribution in [0.3, 0.4) is 0 Å². The van der Waals surface area contributed by atoms with E-state index >= 15 is 0 Å². The molecule has 1 aliphatic rings. The molecule has 0 saturated heterocycles. The summed E-state index contributed by atoms with van der Waals surface area (Å²) in [6.45, 7) is 0. The average Bonchev–Trinajstić information content (AvgIpc) is 2.44. The number of hydrogen-bond acceptors (Lipinski definition) is 2. The van der Waals surface area contributed by atoms with Gasteiger partial charge in [0, 0.05) is 12.0 Å². The third-order valence-corrected chi connectivity index (χ3v) is 2.51. The summed E-state index contributed by atoms with van der Waals surface area (Å²) in [4.78, 5) is 0. The minimum Gasteiger partial charge on any atom is -0.327 e. The molecule has 2 atom stereocenters. The molecule has 0 unspecified atom stereocenters. The fourth-order valence-corrected chi connectivity index (χ4v) is 1.81. The van der Waals surface area contributed by atoms with Crippen molar-refractivity contribution in [2.45, 2.75) is 18.4 Å². The average molecular weight is 139 g/mol. The molecule has 2 rings (SSSR count). The van der Waals surface area contributed by atoms with E-state index in [0.29, 0.717) is 12.0 Å². The first-order valence-corrected chi connectivity index (χ1v) is 4.10. The second-order valence-corrected chi connectivity index (χ2v) is 3.34. The second-order valence-electron chi connectivity index (χ2n) is 2.56. The van der Waals surface area contributed by atoms with Gasteiger partial charge in [-0.3, -0.25) is 0 Å². The van der Waals surface area contributed by atoms with Crippen LogP contribution in [0, 0.1) is 0 Å². The van der Waals surface area contributed by atoms with Gasteiger partial charge in [0.2, 0.25) is 0 Å². The lowest BCUT2D eigenvalue weighted by atomic mass is 10.2. The minimum absolute atomic E-state index is 0.458. The van der Waals surface area contributed by atoms with E-state index in [-0.39, 0.29) is 0 Å². The monoisotopic (exact) mass is 139 g/mol. The zero-order valence-electron chi connectivity index (χ0n) is 5.08. The molecule has 1 heterocycles. The lowest BCUT2D eigenvalue weighted by molar-refractivity contribution is 0.995. The van der Waals surface area contributed by atoms with Crippen molar-refractivity contribution in [3.05, 3.63) is 22.4 Å². The maximum Gasteiger partial charge on any atom is 0.0115 e. The highest BCUT2D eigenvalue weighted by molar-refractivity contribution is 7.08. The van der Waals surface area contributed by atoms with Crippen molar-refractivity contribution in [2.75, 3.05) is 0 Å². The molecule has 1 fully saturated rings. The van der Waals surface area contributed by atoms with Gasteiger partial charge < -0.3 is 5.73 Å². The smallest absolute Gasteiger partial charge is 0.0115 e. The van der Waals surface area contributed by atoms with Crippen LogP contribution in [-0.4, -0.2) is 6.04 Å². The van der Waals surface area contributed by atoms with Gasteiger partial charge >= 0.3 is 0 Å². The summed E-state index contributed by atoms with van der Waals surface area (Å²) in [6.07, 6.45) is 1.19. The lowest BCUT2D eigenvalue weighted by Crippen LogP contribution is -1.99. The summed E-state index contributed by atoms with van der Waals surface area (Å²) in [5.74, 6) is 0.691. The Bertz CT molecular complexity index is 193. The molecule has 1 aromatic heterocycles. The number of hydrogen-bond donors (Lipinski definition) is 1. The quantitative estimate of drug-likeness (QED) is 0.628. The number of thiophene rings is 1. The summed E-state index contributed by atoms with van der Waals surface area (Å²) < 4.78 is 0. The van der Waals surface area contributed by atoms with Crippen molar-refractivity contribution in [1.29, 1.82) is 0 Å². The SMILES string of the molecule is N[C@@H]1C[C@@H]1c1ccsc1. The van der Waals surface area contributed by atoms with Gasteiger partial charge in [-0.1, -0.05) is 0 Å². The van der Waals surface area contributed by atoms with Crippen molar-refractivity contribution in [2.24, 2.45) is 5.73 Å². The molecule has 1 nitrogen and oxygen atoms in total. The van der Waals surface area contributed by atoms with Gasteiger partial charge in [-0.15, -0.1) is 0 Å². The molecule has 1 saturated carbocycles. The highest BCUT2D eigenvalue weighted by Gasteiger charge is 2.34. The van der Waals surface area contributed by atoms with E-state index < -0.39 is 0 Å². The third-order valence-electron chi connectivity index (χ3n) is 1.81. The molecule has 0 spiro atoms. The molecular weight excluding hydrogens is 130 g/mol. The second kappa shape index (κ2) is 1.82. The Labute approximate surface area is 58.5 Å². The van der Waals surface area contributed by atoms with Gasteiger partial charge in [-0.25, -0.2) is 0 Å². The largest absolute Gasteiger partial charge is 0.327 e. The molecule has 0 radical (unpaired) electrons. The van der Waals surface area contributed by atoms with Crippen molar-refractivity contribution in [1.82, 2.24) is 0 Å². The Morgan fingerprint density at radius 2 is 2.44 bits per heavy atom. The molecular formula is C7H9NS. The van der Waals surface area contributed by atoms with E-state index in [4.69, 9.17) is 5.73 Å². The Morgan fingerprint density at radius 3 is 2.89 bits per heavy atom. The predicted molar refractivity (Wildman–Crippen MR) is 39.7 cm³/mol. The van der Waals surface area contributed by atoms with E-state index in [1.807, 2.05) is 0 Å². The summed E-state index contributed by atoms with van der Waals surface area (Å²) in [6, 6.07) is 2.63. The van der Waals surface area contributed by atoms with Gasteiger partial charge in [0.1, 0.15) is 0 Å². The van der Waals surface area contributed by atoms with Crippen LogP contribution < -0.4 is 5.73 Å². The van der Waals surface area contributed by atoms with Crippen LogP contribution in [0.2, 0.25) is 0 Å². The Balaban J connectivity index is 2.18. The normalized spacial score (nSPS) is 32.6. The Hall–Kier alpha value is -0.340. The standard InChI is InChI=1S/C7H9NS/c8-7-3-6(7)5-1-2-9-4-5/h1-2,4,6-7H,3,8H2/t6-,7-/m1/s1. The van der Waals surface area contributed by atoms with Crippen molar-refractivity contribution >= 4 is 11.3 Å². The van der Waals surface area contributed by atoms with E-state index in [1.54, 1.807) is 11.3 Å². The van der Waals surface area contributed by atoms with Crippen LogP contribution in [0.15, 0.2) is 16.8 Å². The molecule has 2 heteroatoms. The Kier molecular flexibility index (Phi) is 1.10. The maximum atomic E-state index is 5.66. The molecule has 0 amide bonds. The molecule has 0 aliphatic heterocycles. The van der Waals surface area contributed by atoms with Crippen LogP contribution in [0.1, 0.15) is 17.9 Å². The van der Waals surface area contributed by atoms with Gasteiger partial charge in [0.25, 0.3) is 0 Å². The van der Waals surface area contributed by atoms with Crippen molar-refractivity contribution in [3.8, 4) is 0 Å². The Morgan fingerprint density at radius 1 is 1.67 bits per heavy atom. The molecule has 0 bridgehead atoms. The van der Waals surface area contributed by atoms with E-state index in [1.165, 1.54) is 12.0 Å². The van der Waals surface area contributed by atoms with Crippen molar-refractivity contribution < 1.29 is 0 Å². The van der Waals surface area contributed by atoms with Gasteiger partial charge in [0.15, 0.2) is 0 Å². The molecule has 1 aromatic rings. The first kappa shape index (κ1) is 5.45. The van der Waals surface area contributed by atoms with Crippen LogP contribution in [0.4, 0.5) is 0 Å². The fourth-order valence-electron chi connectivity index (χ4n) is 1.08. The zero-order chi connectivity index (χ0) is 6.27. The van der Waals surface area contributed by atoms with Crippen LogP contribution in [0.25, 0.3) is 0 Å². The highest BCUT2D eigenvalue weighted by atomic mass is 32.1. The third kappa shape index (κ3) is 0.884. The summed E-state index contributed by atoms with van der Waals surface area (Å²) in [5.41, 5.74) is 7.10.